The quantitative estimate of drug-likeness (QED) is 0.775. The van der Waals surface area contributed by atoms with Crippen LogP contribution < -0.4 is 5.73 Å². The summed E-state index contributed by atoms with van der Waals surface area (Å²) >= 11 is 0. The molecular formula is C16H20N2O5. The number of amides is 2. The first kappa shape index (κ1) is 17.0. The van der Waals surface area contributed by atoms with E-state index in [9.17, 15) is 14.4 Å². The van der Waals surface area contributed by atoms with E-state index in [1.807, 2.05) is 0 Å². The van der Waals surface area contributed by atoms with E-state index in [-0.39, 0.29) is 30.5 Å². The Morgan fingerprint density at radius 1 is 1.30 bits per heavy atom. The van der Waals surface area contributed by atoms with Crippen LogP contribution in [0, 0.1) is 0 Å². The van der Waals surface area contributed by atoms with Crippen LogP contribution in [0.5, 0.6) is 0 Å². The van der Waals surface area contributed by atoms with Gasteiger partial charge in [0.1, 0.15) is 0 Å². The minimum Gasteiger partial charge on any atom is -0.481 e. The zero-order chi connectivity index (χ0) is 16.8. The first-order valence-electron chi connectivity index (χ1n) is 7.50. The largest absolute Gasteiger partial charge is 0.481 e. The van der Waals surface area contributed by atoms with Crippen molar-refractivity contribution >= 4 is 17.8 Å². The summed E-state index contributed by atoms with van der Waals surface area (Å²) in [6.45, 7) is 1.09. The molecule has 2 rings (SSSR count). The summed E-state index contributed by atoms with van der Waals surface area (Å²) in [5.74, 6) is -1.92. The van der Waals surface area contributed by atoms with E-state index in [0.717, 1.165) is 12.8 Å². The zero-order valence-corrected chi connectivity index (χ0v) is 12.7. The highest BCUT2D eigenvalue weighted by Gasteiger charge is 2.24. The number of aliphatic carboxylic acids is 1. The van der Waals surface area contributed by atoms with Crippen molar-refractivity contribution in [2.75, 3.05) is 19.7 Å². The minimum absolute atomic E-state index is 0.0768. The van der Waals surface area contributed by atoms with Gasteiger partial charge in [-0.1, -0.05) is 6.07 Å². The highest BCUT2D eigenvalue weighted by atomic mass is 16.5. The standard InChI is InChI=1S/C16H20N2O5/c17-15(21)11-3-1-4-12(9-11)16(22)18(7-6-14(19)20)10-13-5-2-8-23-13/h1,3-4,9,13H,2,5-8,10H2,(H2,17,21)(H,19,20)/t13-/m0/s1. The van der Waals surface area contributed by atoms with E-state index in [1.54, 1.807) is 12.1 Å². The number of primary amides is 1. The average Bonchev–Trinajstić information content (AvgIpc) is 3.03. The molecule has 23 heavy (non-hydrogen) atoms. The maximum Gasteiger partial charge on any atom is 0.305 e. The Morgan fingerprint density at radius 3 is 2.65 bits per heavy atom. The van der Waals surface area contributed by atoms with Gasteiger partial charge in [-0.3, -0.25) is 14.4 Å². The number of ether oxygens (including phenoxy) is 1. The van der Waals surface area contributed by atoms with Gasteiger partial charge in [0, 0.05) is 30.8 Å². The van der Waals surface area contributed by atoms with Crippen LogP contribution in [-0.2, 0) is 9.53 Å². The molecule has 1 heterocycles. The molecule has 0 bridgehead atoms. The summed E-state index contributed by atoms with van der Waals surface area (Å²) in [5.41, 5.74) is 5.78. The van der Waals surface area contributed by atoms with Gasteiger partial charge in [-0.25, -0.2) is 0 Å². The fourth-order valence-corrected chi connectivity index (χ4v) is 2.53. The molecular weight excluding hydrogens is 300 g/mol. The Morgan fingerprint density at radius 2 is 2.04 bits per heavy atom. The summed E-state index contributed by atoms with van der Waals surface area (Å²) in [7, 11) is 0. The maximum absolute atomic E-state index is 12.6. The topological polar surface area (TPSA) is 110 Å². The highest BCUT2D eigenvalue weighted by molar-refractivity contribution is 5.99. The molecule has 7 heteroatoms. The van der Waals surface area contributed by atoms with Crippen molar-refractivity contribution in [3.63, 3.8) is 0 Å². The summed E-state index contributed by atoms with van der Waals surface area (Å²) in [5, 5.41) is 8.86. The number of nitrogens with zero attached hydrogens (tertiary/aromatic N) is 1. The lowest BCUT2D eigenvalue weighted by molar-refractivity contribution is -0.137. The van der Waals surface area contributed by atoms with Gasteiger partial charge in [0.2, 0.25) is 5.91 Å². The molecule has 0 saturated carbocycles. The molecule has 1 fully saturated rings. The molecule has 1 saturated heterocycles. The highest BCUT2D eigenvalue weighted by Crippen LogP contribution is 2.16. The van der Waals surface area contributed by atoms with Crippen LogP contribution >= 0.6 is 0 Å². The Bertz CT molecular complexity index is 596. The molecule has 0 aliphatic carbocycles. The van der Waals surface area contributed by atoms with Crippen molar-refractivity contribution in [3.05, 3.63) is 35.4 Å². The predicted octanol–water partition coefficient (Wildman–Crippen LogP) is 0.881. The van der Waals surface area contributed by atoms with Gasteiger partial charge in [-0.05, 0) is 31.0 Å². The molecule has 0 spiro atoms. The van der Waals surface area contributed by atoms with Gasteiger partial charge in [0.15, 0.2) is 0 Å². The van der Waals surface area contributed by atoms with Crippen LogP contribution in [0.2, 0.25) is 0 Å². The van der Waals surface area contributed by atoms with Crippen LogP contribution in [0.25, 0.3) is 0 Å². The first-order valence-corrected chi connectivity index (χ1v) is 7.50. The van der Waals surface area contributed by atoms with Gasteiger partial charge >= 0.3 is 5.97 Å². The lowest BCUT2D eigenvalue weighted by Gasteiger charge is -2.25. The molecule has 1 aromatic rings. The van der Waals surface area contributed by atoms with Crippen molar-refractivity contribution in [2.45, 2.75) is 25.4 Å². The van der Waals surface area contributed by atoms with E-state index in [0.29, 0.717) is 18.7 Å². The average molecular weight is 320 g/mol. The minimum atomic E-state index is -0.971. The second-order valence-electron chi connectivity index (χ2n) is 5.47. The van der Waals surface area contributed by atoms with Crippen molar-refractivity contribution in [2.24, 2.45) is 5.73 Å². The third kappa shape index (κ3) is 4.79. The molecule has 0 unspecified atom stereocenters. The number of benzene rings is 1. The Kier molecular flexibility index (Phi) is 5.70. The van der Waals surface area contributed by atoms with Crippen molar-refractivity contribution in [1.29, 1.82) is 0 Å². The molecule has 3 N–H and O–H groups in total. The number of carbonyl (C=O) groups is 3. The summed E-state index contributed by atoms with van der Waals surface area (Å²) in [6.07, 6.45) is 1.56. The monoisotopic (exact) mass is 320 g/mol. The van der Waals surface area contributed by atoms with E-state index >= 15 is 0 Å². The Labute approximate surface area is 134 Å². The molecule has 1 aliphatic rings. The molecule has 1 aromatic carbocycles. The number of carbonyl (C=O) groups excluding carboxylic acids is 2. The van der Waals surface area contributed by atoms with Gasteiger partial charge in [-0.15, -0.1) is 0 Å². The summed E-state index contributed by atoms with van der Waals surface area (Å²) in [6, 6.07) is 6.11. The molecule has 1 aliphatic heterocycles. The normalized spacial score (nSPS) is 17.0. The van der Waals surface area contributed by atoms with Gasteiger partial charge in [-0.2, -0.15) is 0 Å². The Hall–Kier alpha value is -2.41. The number of carboxylic acids is 1. The van der Waals surface area contributed by atoms with Crippen LogP contribution in [0.4, 0.5) is 0 Å². The van der Waals surface area contributed by atoms with E-state index in [4.69, 9.17) is 15.6 Å². The molecule has 0 radical (unpaired) electrons. The van der Waals surface area contributed by atoms with E-state index < -0.39 is 11.9 Å². The number of nitrogens with two attached hydrogens (primary N) is 1. The third-order valence-corrected chi connectivity index (χ3v) is 3.72. The van der Waals surface area contributed by atoms with Crippen LogP contribution in [-0.4, -0.2) is 53.6 Å². The smallest absolute Gasteiger partial charge is 0.305 e. The second-order valence-corrected chi connectivity index (χ2v) is 5.47. The van der Waals surface area contributed by atoms with Crippen LogP contribution in [0.1, 0.15) is 40.0 Å². The zero-order valence-electron chi connectivity index (χ0n) is 12.7. The van der Waals surface area contributed by atoms with Gasteiger partial charge < -0.3 is 20.5 Å². The van der Waals surface area contributed by atoms with Crippen molar-refractivity contribution < 1.29 is 24.2 Å². The number of hydrogen-bond donors (Lipinski definition) is 2. The Balaban J connectivity index is 2.14. The molecule has 1 atom stereocenters. The van der Waals surface area contributed by atoms with E-state index in [2.05, 4.69) is 0 Å². The summed E-state index contributed by atoms with van der Waals surface area (Å²) in [4.78, 5) is 36.2. The van der Waals surface area contributed by atoms with Crippen LogP contribution in [0.3, 0.4) is 0 Å². The molecule has 124 valence electrons. The first-order chi connectivity index (χ1) is 11.0. The van der Waals surface area contributed by atoms with Crippen molar-refractivity contribution in [3.8, 4) is 0 Å². The lowest BCUT2D eigenvalue weighted by Crippen LogP contribution is -2.38. The number of carboxylic acid groups (broad SMARTS) is 1. The SMILES string of the molecule is NC(=O)c1cccc(C(=O)N(CCC(=O)O)C[C@@H]2CCCO2)c1. The summed E-state index contributed by atoms with van der Waals surface area (Å²) < 4.78 is 5.52. The number of rotatable bonds is 7. The fraction of sp³-hybridized carbons (Fsp3) is 0.438. The molecule has 7 nitrogen and oxygen atoms in total. The molecule has 2 amide bonds. The molecule has 0 aromatic heterocycles. The van der Waals surface area contributed by atoms with Gasteiger partial charge in [0.05, 0.1) is 12.5 Å². The fourth-order valence-electron chi connectivity index (χ4n) is 2.53. The predicted molar refractivity (Wildman–Crippen MR) is 82.1 cm³/mol. The van der Waals surface area contributed by atoms with E-state index in [1.165, 1.54) is 17.0 Å². The number of hydrogen-bond acceptors (Lipinski definition) is 4. The maximum atomic E-state index is 12.6. The van der Waals surface area contributed by atoms with Crippen LogP contribution in [0.15, 0.2) is 24.3 Å². The van der Waals surface area contributed by atoms with Gasteiger partial charge in [0.25, 0.3) is 5.91 Å². The third-order valence-electron chi connectivity index (χ3n) is 3.72. The lowest BCUT2D eigenvalue weighted by atomic mass is 10.1. The van der Waals surface area contributed by atoms with Crippen molar-refractivity contribution in [1.82, 2.24) is 4.90 Å². The second kappa shape index (κ2) is 7.73.